The number of aldehydes is 1. The molecule has 1 rings (SSSR count). The fourth-order valence-electron chi connectivity index (χ4n) is 1.91. The predicted octanol–water partition coefficient (Wildman–Crippen LogP) is 4.07. The van der Waals surface area contributed by atoms with E-state index in [1.54, 1.807) is 0 Å². The number of carbonyl (C=O) groups is 1. The average Bonchev–Trinajstić information content (AvgIpc) is 2.25. The molecule has 0 aliphatic rings. The minimum Gasteiger partial charge on any atom is -0.303 e. The van der Waals surface area contributed by atoms with E-state index in [0.717, 1.165) is 12.7 Å². The number of benzene rings is 1. The van der Waals surface area contributed by atoms with Gasteiger partial charge in [0.15, 0.2) is 0 Å². The van der Waals surface area contributed by atoms with Gasteiger partial charge in [-0.1, -0.05) is 52.0 Å². The Kier molecular flexibility index (Phi) is 4.28. The maximum absolute atomic E-state index is 10.6. The lowest BCUT2D eigenvalue weighted by Gasteiger charge is -2.20. The molecule has 0 spiro atoms. The molecule has 0 aliphatic heterocycles. The van der Waals surface area contributed by atoms with E-state index in [-0.39, 0.29) is 5.41 Å². The minimum atomic E-state index is 0.199. The Balaban J connectivity index is 2.89. The summed E-state index contributed by atoms with van der Waals surface area (Å²) in [6.07, 6.45) is 2.67. The van der Waals surface area contributed by atoms with Crippen LogP contribution in [0.25, 0.3) is 0 Å². The van der Waals surface area contributed by atoms with Gasteiger partial charge in [-0.05, 0) is 28.9 Å². The highest BCUT2D eigenvalue weighted by Gasteiger charge is 2.14. The molecule has 0 N–H and O–H groups in total. The quantitative estimate of drug-likeness (QED) is 0.696. The molecule has 0 heterocycles. The molecule has 88 valence electrons. The van der Waals surface area contributed by atoms with Crippen molar-refractivity contribution in [3.63, 3.8) is 0 Å². The zero-order valence-electron chi connectivity index (χ0n) is 10.8. The molecule has 1 nitrogen and oxygen atoms in total. The molecule has 0 aromatic heterocycles. The third-order valence-electron chi connectivity index (χ3n) is 3.12. The summed E-state index contributed by atoms with van der Waals surface area (Å²) in [5, 5.41) is 0. The van der Waals surface area contributed by atoms with Gasteiger partial charge < -0.3 is 4.79 Å². The molecule has 16 heavy (non-hydrogen) atoms. The third-order valence-corrected chi connectivity index (χ3v) is 3.12. The highest BCUT2D eigenvalue weighted by atomic mass is 16.1. The van der Waals surface area contributed by atoms with Crippen LogP contribution in [0.2, 0.25) is 0 Å². The van der Waals surface area contributed by atoms with Gasteiger partial charge in [0, 0.05) is 6.42 Å². The number of hydrogen-bond acceptors (Lipinski definition) is 1. The van der Waals surface area contributed by atoms with Crippen molar-refractivity contribution in [3.8, 4) is 0 Å². The first-order valence-electron chi connectivity index (χ1n) is 6.03. The number of hydrogen-bond donors (Lipinski definition) is 0. The first kappa shape index (κ1) is 13.0. The van der Waals surface area contributed by atoms with Crippen LogP contribution in [0, 0.1) is 0 Å². The molecule has 1 heteroatoms. The molecular weight excluding hydrogens is 196 g/mol. The highest BCUT2D eigenvalue weighted by Crippen LogP contribution is 2.26. The summed E-state index contributed by atoms with van der Waals surface area (Å²) >= 11 is 0. The van der Waals surface area contributed by atoms with Gasteiger partial charge in [-0.2, -0.15) is 0 Å². The topological polar surface area (TPSA) is 17.1 Å². The molecular formula is C15H22O. The molecule has 0 saturated heterocycles. The van der Waals surface area contributed by atoms with Gasteiger partial charge in [0.25, 0.3) is 0 Å². The molecule has 0 amide bonds. The summed E-state index contributed by atoms with van der Waals surface area (Å²) in [4.78, 5) is 10.6. The molecule has 0 radical (unpaired) electrons. The maximum atomic E-state index is 10.6. The van der Waals surface area contributed by atoms with Crippen molar-refractivity contribution >= 4 is 6.29 Å². The lowest BCUT2D eigenvalue weighted by molar-refractivity contribution is -0.108. The van der Waals surface area contributed by atoms with Gasteiger partial charge in [-0.3, -0.25) is 0 Å². The Morgan fingerprint density at radius 1 is 1.19 bits per heavy atom. The summed E-state index contributed by atoms with van der Waals surface area (Å²) in [7, 11) is 0. The van der Waals surface area contributed by atoms with E-state index in [0.29, 0.717) is 12.3 Å². The maximum Gasteiger partial charge on any atom is 0.120 e. The molecule has 0 saturated carbocycles. The average molecular weight is 218 g/mol. The minimum absolute atomic E-state index is 0.199. The van der Waals surface area contributed by atoms with Crippen molar-refractivity contribution in [2.45, 2.75) is 51.9 Å². The summed E-state index contributed by atoms with van der Waals surface area (Å²) in [5.41, 5.74) is 2.82. The Morgan fingerprint density at radius 2 is 1.75 bits per heavy atom. The summed E-state index contributed by atoms with van der Waals surface area (Å²) in [6.45, 7) is 8.77. The first-order valence-corrected chi connectivity index (χ1v) is 6.03. The van der Waals surface area contributed by atoms with Gasteiger partial charge in [0.05, 0.1) is 0 Å². The lowest BCUT2D eigenvalue weighted by atomic mass is 9.85. The molecule has 0 fully saturated rings. The standard InChI is InChI=1S/C15H22O/c1-5-12(10-11-16)13-6-8-14(9-7-13)15(2,3)4/h6-9,11-12H,5,10H2,1-4H3. The van der Waals surface area contributed by atoms with Crippen molar-refractivity contribution < 1.29 is 4.79 Å². The summed E-state index contributed by atoms with van der Waals surface area (Å²) < 4.78 is 0. The lowest BCUT2D eigenvalue weighted by Crippen LogP contribution is -2.11. The third kappa shape index (κ3) is 3.19. The second-order valence-electron chi connectivity index (χ2n) is 5.38. The summed E-state index contributed by atoms with van der Waals surface area (Å²) in [6, 6.07) is 8.70. The van der Waals surface area contributed by atoms with Crippen LogP contribution in [0.4, 0.5) is 0 Å². The largest absolute Gasteiger partial charge is 0.303 e. The van der Waals surface area contributed by atoms with Crippen LogP contribution in [0.1, 0.15) is 57.6 Å². The van der Waals surface area contributed by atoms with Crippen LogP contribution in [0.15, 0.2) is 24.3 Å². The van der Waals surface area contributed by atoms with Gasteiger partial charge >= 0.3 is 0 Å². The molecule has 1 unspecified atom stereocenters. The van der Waals surface area contributed by atoms with Crippen molar-refractivity contribution in [1.29, 1.82) is 0 Å². The van der Waals surface area contributed by atoms with Crippen LogP contribution in [-0.4, -0.2) is 6.29 Å². The van der Waals surface area contributed by atoms with E-state index in [4.69, 9.17) is 0 Å². The Hall–Kier alpha value is -1.11. The molecule has 1 aromatic rings. The van der Waals surface area contributed by atoms with E-state index < -0.39 is 0 Å². The number of carbonyl (C=O) groups excluding carboxylic acids is 1. The van der Waals surface area contributed by atoms with E-state index >= 15 is 0 Å². The summed E-state index contributed by atoms with van der Waals surface area (Å²) in [5.74, 6) is 0.381. The fourth-order valence-corrected chi connectivity index (χ4v) is 1.91. The van der Waals surface area contributed by atoms with Crippen molar-refractivity contribution in [2.24, 2.45) is 0 Å². The molecule has 1 aromatic carbocycles. The SMILES string of the molecule is CCC(CC=O)c1ccc(C(C)(C)C)cc1. The van der Waals surface area contributed by atoms with Gasteiger partial charge in [0.1, 0.15) is 6.29 Å². The molecule has 0 aliphatic carbocycles. The van der Waals surface area contributed by atoms with Gasteiger partial charge in [-0.25, -0.2) is 0 Å². The smallest absolute Gasteiger partial charge is 0.120 e. The van der Waals surface area contributed by atoms with Gasteiger partial charge in [-0.15, -0.1) is 0 Å². The Labute approximate surface area is 98.9 Å². The van der Waals surface area contributed by atoms with E-state index in [9.17, 15) is 4.79 Å². The van der Waals surface area contributed by atoms with Crippen molar-refractivity contribution in [1.82, 2.24) is 0 Å². The van der Waals surface area contributed by atoms with E-state index in [1.807, 2.05) is 0 Å². The zero-order valence-corrected chi connectivity index (χ0v) is 10.8. The zero-order chi connectivity index (χ0) is 12.2. The van der Waals surface area contributed by atoms with Crippen LogP contribution < -0.4 is 0 Å². The molecule has 1 atom stereocenters. The number of rotatable bonds is 4. The van der Waals surface area contributed by atoms with Crippen LogP contribution in [0.3, 0.4) is 0 Å². The van der Waals surface area contributed by atoms with Crippen LogP contribution in [-0.2, 0) is 10.2 Å². The normalized spacial score (nSPS) is 13.5. The van der Waals surface area contributed by atoms with Crippen molar-refractivity contribution in [3.05, 3.63) is 35.4 Å². The fraction of sp³-hybridized carbons (Fsp3) is 0.533. The predicted molar refractivity (Wildman–Crippen MR) is 68.9 cm³/mol. The Bertz CT molecular complexity index is 329. The Morgan fingerprint density at radius 3 is 2.12 bits per heavy atom. The monoisotopic (exact) mass is 218 g/mol. The van der Waals surface area contributed by atoms with Crippen LogP contribution in [0.5, 0.6) is 0 Å². The van der Waals surface area contributed by atoms with Gasteiger partial charge in [0.2, 0.25) is 0 Å². The molecule has 0 bridgehead atoms. The van der Waals surface area contributed by atoms with Crippen molar-refractivity contribution in [2.75, 3.05) is 0 Å². The highest BCUT2D eigenvalue weighted by molar-refractivity contribution is 5.51. The second kappa shape index (κ2) is 5.29. The second-order valence-corrected chi connectivity index (χ2v) is 5.38. The first-order chi connectivity index (χ1) is 7.49. The van der Waals surface area contributed by atoms with Crippen LogP contribution >= 0.6 is 0 Å². The van der Waals surface area contributed by atoms with E-state index in [1.165, 1.54) is 11.1 Å². The van der Waals surface area contributed by atoms with E-state index in [2.05, 4.69) is 52.0 Å².